The first-order valence-electron chi connectivity index (χ1n) is 8.31. The van der Waals surface area contributed by atoms with Gasteiger partial charge in [0.25, 0.3) is 0 Å². The standard InChI is InChI=1S/C19H31NO/c1-14(2)9-19(21,10-15(3)4)18(13-20)11-16-7-5-6-8-17(16)12-18/h5-8,14-15,21H,9-13,20H2,1-4H3. The SMILES string of the molecule is CC(C)CC(O)(CC(C)C)C1(CN)Cc2ccccc2C1. The highest BCUT2D eigenvalue weighted by Gasteiger charge is 2.52. The van der Waals surface area contributed by atoms with Crippen LogP contribution in [0.15, 0.2) is 24.3 Å². The van der Waals surface area contributed by atoms with Gasteiger partial charge in [0.15, 0.2) is 0 Å². The Bertz CT molecular complexity index is 443. The van der Waals surface area contributed by atoms with Gasteiger partial charge in [0.1, 0.15) is 0 Å². The second-order valence-corrected chi connectivity index (χ2v) is 7.83. The third-order valence-corrected chi connectivity index (χ3v) is 5.05. The highest BCUT2D eigenvalue weighted by Crippen LogP contribution is 2.49. The summed E-state index contributed by atoms with van der Waals surface area (Å²) in [6.07, 6.45) is 3.48. The molecule has 0 radical (unpaired) electrons. The summed E-state index contributed by atoms with van der Waals surface area (Å²) in [5, 5.41) is 11.6. The van der Waals surface area contributed by atoms with Crippen LogP contribution in [0.5, 0.6) is 0 Å². The van der Waals surface area contributed by atoms with Crippen LogP contribution < -0.4 is 5.73 Å². The van der Waals surface area contributed by atoms with Crippen molar-refractivity contribution in [2.24, 2.45) is 23.0 Å². The van der Waals surface area contributed by atoms with Gasteiger partial charge in [0.2, 0.25) is 0 Å². The Kier molecular flexibility index (Phi) is 4.79. The van der Waals surface area contributed by atoms with Crippen molar-refractivity contribution < 1.29 is 5.11 Å². The highest BCUT2D eigenvalue weighted by molar-refractivity contribution is 5.36. The number of hydrogen-bond acceptors (Lipinski definition) is 2. The number of benzene rings is 1. The van der Waals surface area contributed by atoms with Crippen molar-refractivity contribution in [3.05, 3.63) is 35.4 Å². The first kappa shape index (κ1) is 16.5. The van der Waals surface area contributed by atoms with Gasteiger partial charge in [-0.15, -0.1) is 0 Å². The molecule has 2 nitrogen and oxygen atoms in total. The van der Waals surface area contributed by atoms with Crippen molar-refractivity contribution in [1.29, 1.82) is 0 Å². The summed E-state index contributed by atoms with van der Waals surface area (Å²) >= 11 is 0. The average molecular weight is 289 g/mol. The van der Waals surface area contributed by atoms with E-state index in [1.54, 1.807) is 0 Å². The molecule has 0 fully saturated rings. The Morgan fingerprint density at radius 1 is 1.05 bits per heavy atom. The van der Waals surface area contributed by atoms with Gasteiger partial charge in [-0.1, -0.05) is 52.0 Å². The quantitative estimate of drug-likeness (QED) is 0.841. The molecule has 0 aromatic heterocycles. The topological polar surface area (TPSA) is 46.2 Å². The van der Waals surface area contributed by atoms with E-state index in [0.717, 1.165) is 25.7 Å². The lowest BCUT2D eigenvalue weighted by Crippen LogP contribution is -2.55. The molecule has 0 bridgehead atoms. The molecular formula is C19H31NO. The van der Waals surface area contributed by atoms with Gasteiger partial charge in [-0.3, -0.25) is 0 Å². The van der Waals surface area contributed by atoms with Gasteiger partial charge in [-0.05, 0) is 48.6 Å². The van der Waals surface area contributed by atoms with E-state index in [1.807, 2.05) is 0 Å². The molecular weight excluding hydrogens is 258 g/mol. The summed E-state index contributed by atoms with van der Waals surface area (Å²) in [4.78, 5) is 0. The fourth-order valence-corrected chi connectivity index (χ4v) is 4.22. The van der Waals surface area contributed by atoms with Crippen molar-refractivity contribution >= 4 is 0 Å². The molecule has 0 amide bonds. The van der Waals surface area contributed by atoms with E-state index in [-0.39, 0.29) is 5.41 Å². The third kappa shape index (κ3) is 3.17. The first-order chi connectivity index (χ1) is 9.82. The molecule has 0 aliphatic heterocycles. The third-order valence-electron chi connectivity index (χ3n) is 5.05. The minimum atomic E-state index is -0.677. The maximum atomic E-state index is 11.6. The Morgan fingerprint density at radius 3 is 1.81 bits per heavy atom. The van der Waals surface area contributed by atoms with Gasteiger partial charge in [-0.25, -0.2) is 0 Å². The monoisotopic (exact) mass is 289 g/mol. The molecule has 0 unspecified atom stereocenters. The molecule has 3 N–H and O–H groups in total. The fraction of sp³-hybridized carbons (Fsp3) is 0.684. The largest absolute Gasteiger partial charge is 0.389 e. The number of fused-ring (bicyclic) bond motifs is 1. The van der Waals surface area contributed by atoms with Crippen LogP contribution in [0.4, 0.5) is 0 Å². The van der Waals surface area contributed by atoms with Crippen molar-refractivity contribution in [2.75, 3.05) is 6.54 Å². The molecule has 1 aromatic rings. The van der Waals surface area contributed by atoms with Crippen LogP contribution in [0.1, 0.15) is 51.7 Å². The second kappa shape index (κ2) is 6.10. The van der Waals surface area contributed by atoms with Gasteiger partial charge in [-0.2, -0.15) is 0 Å². The average Bonchev–Trinajstić information content (AvgIpc) is 2.77. The van der Waals surface area contributed by atoms with Crippen LogP contribution in [0.2, 0.25) is 0 Å². The predicted molar refractivity (Wildman–Crippen MR) is 89.2 cm³/mol. The zero-order valence-corrected chi connectivity index (χ0v) is 14.0. The number of hydrogen-bond donors (Lipinski definition) is 2. The summed E-state index contributed by atoms with van der Waals surface area (Å²) in [5.74, 6) is 0.946. The zero-order chi connectivity index (χ0) is 15.7. The predicted octanol–water partition coefficient (Wildman–Crippen LogP) is 3.55. The molecule has 21 heavy (non-hydrogen) atoms. The number of nitrogens with two attached hydrogens (primary N) is 1. The lowest BCUT2D eigenvalue weighted by molar-refractivity contribution is -0.104. The van der Waals surface area contributed by atoms with Crippen LogP contribution >= 0.6 is 0 Å². The molecule has 0 atom stereocenters. The highest BCUT2D eigenvalue weighted by atomic mass is 16.3. The van der Waals surface area contributed by atoms with Gasteiger partial charge >= 0.3 is 0 Å². The molecule has 2 rings (SSSR count). The molecule has 0 spiro atoms. The maximum Gasteiger partial charge on any atom is 0.0727 e. The van der Waals surface area contributed by atoms with E-state index in [9.17, 15) is 5.11 Å². The van der Waals surface area contributed by atoms with Crippen LogP contribution in [0, 0.1) is 17.3 Å². The van der Waals surface area contributed by atoms with Gasteiger partial charge in [0.05, 0.1) is 5.60 Å². The molecule has 0 heterocycles. The molecule has 1 aliphatic carbocycles. The second-order valence-electron chi connectivity index (χ2n) is 7.83. The summed E-state index contributed by atoms with van der Waals surface area (Å²) in [7, 11) is 0. The smallest absolute Gasteiger partial charge is 0.0727 e. The molecule has 1 aliphatic rings. The van der Waals surface area contributed by atoms with Crippen LogP contribution in [0.3, 0.4) is 0 Å². The summed E-state index contributed by atoms with van der Waals surface area (Å²) in [5.41, 5.74) is 8.08. The van der Waals surface area contributed by atoms with Crippen LogP contribution in [0.25, 0.3) is 0 Å². The van der Waals surface area contributed by atoms with E-state index < -0.39 is 5.60 Å². The minimum Gasteiger partial charge on any atom is -0.389 e. The first-order valence-corrected chi connectivity index (χ1v) is 8.31. The van der Waals surface area contributed by atoms with Crippen molar-refractivity contribution in [3.8, 4) is 0 Å². The van der Waals surface area contributed by atoms with E-state index in [2.05, 4.69) is 52.0 Å². The molecule has 0 saturated carbocycles. The fourth-order valence-electron chi connectivity index (χ4n) is 4.22. The van der Waals surface area contributed by atoms with E-state index >= 15 is 0 Å². The summed E-state index contributed by atoms with van der Waals surface area (Å²) in [6.45, 7) is 9.32. The van der Waals surface area contributed by atoms with E-state index in [0.29, 0.717) is 18.4 Å². The normalized spacial score (nSPS) is 17.5. The Morgan fingerprint density at radius 2 is 1.48 bits per heavy atom. The lowest BCUT2D eigenvalue weighted by Gasteiger charge is -2.47. The minimum absolute atomic E-state index is 0.203. The Balaban J connectivity index is 2.37. The van der Waals surface area contributed by atoms with E-state index in [1.165, 1.54) is 11.1 Å². The molecule has 118 valence electrons. The number of rotatable bonds is 6. The van der Waals surface area contributed by atoms with Gasteiger partial charge in [0, 0.05) is 12.0 Å². The molecule has 0 saturated heterocycles. The van der Waals surface area contributed by atoms with E-state index in [4.69, 9.17) is 5.73 Å². The summed E-state index contributed by atoms with van der Waals surface area (Å²) < 4.78 is 0. The van der Waals surface area contributed by atoms with Crippen molar-refractivity contribution in [3.63, 3.8) is 0 Å². The summed E-state index contributed by atoms with van der Waals surface area (Å²) in [6, 6.07) is 8.57. The Labute approximate surface area is 129 Å². The zero-order valence-electron chi connectivity index (χ0n) is 14.0. The maximum absolute atomic E-state index is 11.6. The lowest BCUT2D eigenvalue weighted by atomic mass is 9.63. The van der Waals surface area contributed by atoms with Gasteiger partial charge < -0.3 is 10.8 Å². The van der Waals surface area contributed by atoms with Crippen LogP contribution in [-0.4, -0.2) is 17.3 Å². The molecule has 2 heteroatoms. The molecule has 1 aromatic carbocycles. The number of aliphatic hydroxyl groups is 1. The Hall–Kier alpha value is -0.860. The van der Waals surface area contributed by atoms with Crippen molar-refractivity contribution in [1.82, 2.24) is 0 Å². The van der Waals surface area contributed by atoms with Crippen molar-refractivity contribution in [2.45, 2.75) is 59.0 Å². The van der Waals surface area contributed by atoms with Crippen LogP contribution in [-0.2, 0) is 12.8 Å².